The minimum atomic E-state index is -0.521. The molecule has 0 atom stereocenters. The van der Waals surface area contributed by atoms with Gasteiger partial charge in [0.2, 0.25) is 10.3 Å². The summed E-state index contributed by atoms with van der Waals surface area (Å²) in [4.78, 5) is 15.0. The number of nitrogens with zero attached hydrogens (tertiary/aromatic N) is 1. The van der Waals surface area contributed by atoms with Gasteiger partial charge in [-0.25, -0.2) is 0 Å². The Bertz CT molecular complexity index is 838. The maximum atomic E-state index is 13.2. The topological polar surface area (TPSA) is 66.5 Å². The van der Waals surface area contributed by atoms with Crippen molar-refractivity contribution in [3.05, 3.63) is 35.5 Å². The number of rotatable bonds is 9. The summed E-state index contributed by atoms with van der Waals surface area (Å²) in [5.41, 5.74) is 2.07. The lowest BCUT2D eigenvalue weighted by Crippen LogP contribution is -2.39. The Kier molecular flexibility index (Phi) is 9.22. The van der Waals surface area contributed by atoms with Gasteiger partial charge in [0.05, 0.1) is 39.8 Å². The van der Waals surface area contributed by atoms with Gasteiger partial charge in [0.1, 0.15) is 0 Å². The largest absolute Gasteiger partial charge is 0.493 e. The maximum Gasteiger partial charge on any atom is 0.237 e. The first kappa shape index (κ1) is 24.8. The number of thioether (sulfide) groups is 1. The van der Waals surface area contributed by atoms with Crippen molar-refractivity contribution in [3.63, 3.8) is 0 Å². The molecular formula is C23H31NO6S2. The molecule has 1 fully saturated rings. The molecule has 1 aliphatic heterocycles. The van der Waals surface area contributed by atoms with Crippen molar-refractivity contribution in [1.82, 2.24) is 4.90 Å². The van der Waals surface area contributed by atoms with Gasteiger partial charge in [-0.05, 0) is 49.7 Å². The highest BCUT2D eigenvalue weighted by molar-refractivity contribution is 8.23. The summed E-state index contributed by atoms with van der Waals surface area (Å²) in [5.74, 6) is 1.08. The molecule has 0 radical (unpaired) electrons. The summed E-state index contributed by atoms with van der Waals surface area (Å²) in [6.07, 6.45) is 4.86. The molecule has 1 aromatic rings. The van der Waals surface area contributed by atoms with Crippen LogP contribution in [0.2, 0.25) is 0 Å². The van der Waals surface area contributed by atoms with Gasteiger partial charge in [-0.2, -0.15) is 0 Å². The number of hydrogen-bond acceptors (Lipinski definition) is 8. The second-order valence-corrected chi connectivity index (χ2v) is 9.04. The quantitative estimate of drug-likeness (QED) is 0.492. The molecule has 0 saturated carbocycles. The predicted molar refractivity (Wildman–Crippen MR) is 128 cm³/mol. The van der Waals surface area contributed by atoms with Gasteiger partial charge in [0.25, 0.3) is 0 Å². The van der Waals surface area contributed by atoms with Crippen molar-refractivity contribution >= 4 is 34.3 Å². The molecular weight excluding hydrogens is 450 g/mol. The zero-order chi connectivity index (χ0) is 23.0. The minimum Gasteiger partial charge on any atom is -0.493 e. The van der Waals surface area contributed by atoms with Crippen LogP contribution in [0, 0.1) is 0 Å². The van der Waals surface area contributed by atoms with Crippen molar-refractivity contribution in [2.24, 2.45) is 0 Å². The lowest BCUT2D eigenvalue weighted by Gasteiger charge is -2.34. The van der Waals surface area contributed by atoms with Crippen molar-refractivity contribution in [3.8, 4) is 11.5 Å². The van der Waals surface area contributed by atoms with Crippen LogP contribution in [-0.4, -0.2) is 67.3 Å². The number of ether oxygens (including phenoxy) is 5. The third-order valence-electron chi connectivity index (χ3n) is 5.52. The lowest BCUT2D eigenvalue weighted by molar-refractivity contribution is -0.163. The van der Waals surface area contributed by atoms with Crippen LogP contribution in [0.4, 0.5) is 0 Å². The molecule has 176 valence electrons. The first-order valence-electron chi connectivity index (χ1n) is 10.8. The van der Waals surface area contributed by atoms with Crippen LogP contribution in [0.25, 0.3) is 0 Å². The molecule has 3 rings (SSSR count). The molecule has 1 aliphatic carbocycles. The summed E-state index contributed by atoms with van der Waals surface area (Å²) in [6.45, 7) is 4.17. The number of carbonyl (C=O) groups excluding carboxylic acids is 1. The summed E-state index contributed by atoms with van der Waals surface area (Å²) < 4.78 is 28.1. The Morgan fingerprint density at radius 3 is 2.59 bits per heavy atom. The van der Waals surface area contributed by atoms with E-state index >= 15 is 0 Å². The molecule has 32 heavy (non-hydrogen) atoms. The van der Waals surface area contributed by atoms with E-state index in [0.717, 1.165) is 24.1 Å². The van der Waals surface area contributed by atoms with E-state index in [9.17, 15) is 4.79 Å². The summed E-state index contributed by atoms with van der Waals surface area (Å²) in [5, 5.41) is 0. The minimum absolute atomic E-state index is 0.00740. The van der Waals surface area contributed by atoms with Crippen LogP contribution >= 0.6 is 24.0 Å². The third kappa shape index (κ3) is 6.37. The number of amides is 1. The summed E-state index contributed by atoms with van der Waals surface area (Å²) >= 11 is 6.43. The van der Waals surface area contributed by atoms with Gasteiger partial charge >= 0.3 is 0 Å². The summed E-state index contributed by atoms with van der Waals surface area (Å²) in [7, 11) is 3.23. The van der Waals surface area contributed by atoms with Crippen LogP contribution in [0.15, 0.2) is 30.0 Å². The fourth-order valence-electron chi connectivity index (χ4n) is 3.86. The van der Waals surface area contributed by atoms with Crippen LogP contribution in [0.1, 0.15) is 31.7 Å². The molecule has 1 heterocycles. The number of benzene rings is 1. The van der Waals surface area contributed by atoms with E-state index in [0.29, 0.717) is 55.1 Å². The van der Waals surface area contributed by atoms with Crippen molar-refractivity contribution in [2.75, 3.05) is 46.3 Å². The molecule has 1 amide bonds. The van der Waals surface area contributed by atoms with Crippen molar-refractivity contribution in [1.29, 1.82) is 0 Å². The predicted octanol–water partition coefficient (Wildman–Crippen LogP) is 3.94. The fraction of sp³-hybridized carbons (Fsp3) is 0.565. The van der Waals surface area contributed by atoms with Crippen molar-refractivity contribution < 1.29 is 28.5 Å². The van der Waals surface area contributed by atoms with E-state index < -0.39 is 5.79 Å². The molecule has 0 bridgehead atoms. The van der Waals surface area contributed by atoms with Crippen LogP contribution in [-0.2, 0) is 25.4 Å². The van der Waals surface area contributed by atoms with E-state index in [1.807, 2.05) is 30.0 Å². The molecule has 9 heteroatoms. The monoisotopic (exact) mass is 481 g/mol. The number of allylic oxidation sites excluding steroid dienone is 1. The molecule has 7 nitrogen and oxygen atoms in total. The second-order valence-electron chi connectivity index (χ2n) is 7.46. The maximum absolute atomic E-state index is 13.2. The zero-order valence-corrected chi connectivity index (χ0v) is 20.5. The van der Waals surface area contributed by atoms with Crippen LogP contribution in [0.3, 0.4) is 0 Å². The average molecular weight is 482 g/mol. The number of methoxy groups -OCH3 is 2. The first-order valence-corrected chi connectivity index (χ1v) is 12.2. The van der Waals surface area contributed by atoms with E-state index in [-0.39, 0.29) is 11.7 Å². The molecule has 0 N–H and O–H groups in total. The van der Waals surface area contributed by atoms with Gasteiger partial charge < -0.3 is 28.6 Å². The highest BCUT2D eigenvalue weighted by Gasteiger charge is 2.38. The molecule has 1 spiro atoms. The Morgan fingerprint density at radius 1 is 1.22 bits per heavy atom. The normalized spacial score (nSPS) is 17.0. The SMILES string of the molecule is CCOC(=S)SCC(=O)N(CCc1ccc(OC)c(OC)c1)C1=CCC2(CC1)OCCO2. The third-order valence-corrected chi connectivity index (χ3v) is 6.74. The Morgan fingerprint density at radius 2 is 1.97 bits per heavy atom. The molecule has 1 saturated heterocycles. The Hall–Kier alpha value is -1.81. The number of carbonyl (C=O) groups is 1. The van der Waals surface area contributed by atoms with Crippen LogP contribution in [0.5, 0.6) is 11.5 Å². The van der Waals surface area contributed by atoms with Gasteiger partial charge in [-0.3, -0.25) is 4.79 Å². The van der Waals surface area contributed by atoms with E-state index in [1.165, 1.54) is 11.8 Å². The summed E-state index contributed by atoms with van der Waals surface area (Å²) in [6, 6.07) is 5.83. The molecule has 2 aliphatic rings. The standard InChI is InChI=1S/C23H31NO6S2/c1-4-28-22(31)32-16-21(25)24(18-7-10-23(11-8-18)29-13-14-30-23)12-9-17-5-6-19(26-2)20(15-17)27-3/h5-7,15H,4,8-14,16H2,1-3H3. The highest BCUT2D eigenvalue weighted by atomic mass is 32.2. The van der Waals surface area contributed by atoms with Crippen LogP contribution < -0.4 is 9.47 Å². The lowest BCUT2D eigenvalue weighted by atomic mass is 9.96. The zero-order valence-electron chi connectivity index (χ0n) is 18.9. The Balaban J connectivity index is 1.71. The molecule has 0 aromatic heterocycles. The molecule has 0 unspecified atom stereocenters. The molecule has 1 aromatic carbocycles. The first-order chi connectivity index (χ1) is 15.5. The smallest absolute Gasteiger partial charge is 0.237 e. The highest BCUT2D eigenvalue weighted by Crippen LogP contribution is 2.36. The second kappa shape index (κ2) is 11.9. The van der Waals surface area contributed by atoms with Gasteiger partial charge in [0.15, 0.2) is 17.3 Å². The van der Waals surface area contributed by atoms with Gasteiger partial charge in [0, 0.05) is 25.1 Å². The Labute approximate surface area is 199 Å². The van der Waals surface area contributed by atoms with E-state index in [4.69, 9.17) is 35.9 Å². The van der Waals surface area contributed by atoms with Gasteiger partial charge in [-0.15, -0.1) is 0 Å². The fourth-order valence-corrected chi connectivity index (χ4v) is 4.76. The van der Waals surface area contributed by atoms with Crippen molar-refractivity contribution in [2.45, 2.75) is 38.4 Å². The number of thiocarbonyl (C=S) groups is 1. The van der Waals surface area contributed by atoms with E-state index in [1.54, 1.807) is 14.2 Å². The van der Waals surface area contributed by atoms with E-state index in [2.05, 4.69) is 6.08 Å². The average Bonchev–Trinajstić information content (AvgIpc) is 3.27. The van der Waals surface area contributed by atoms with Gasteiger partial charge in [-0.1, -0.05) is 23.9 Å². The number of hydrogen-bond donors (Lipinski definition) is 0.